The fourth-order valence-electron chi connectivity index (χ4n) is 1.53. The van der Waals surface area contributed by atoms with Gasteiger partial charge in [-0.2, -0.15) is 16.9 Å². The van der Waals surface area contributed by atoms with Crippen LogP contribution in [0.15, 0.2) is 4.47 Å². The van der Waals surface area contributed by atoms with Crippen LogP contribution in [0.25, 0.3) is 0 Å². The molecule has 0 aromatic carbocycles. The molecule has 0 aliphatic rings. The highest BCUT2D eigenvalue weighted by Gasteiger charge is 2.19. The summed E-state index contributed by atoms with van der Waals surface area (Å²) in [6, 6.07) is -0.865. The van der Waals surface area contributed by atoms with Crippen molar-refractivity contribution in [2.45, 2.75) is 25.6 Å². The van der Waals surface area contributed by atoms with Gasteiger partial charge in [0, 0.05) is 25.5 Å². The van der Waals surface area contributed by atoms with Gasteiger partial charge in [-0.05, 0) is 22.9 Å². The van der Waals surface area contributed by atoms with Gasteiger partial charge in [0.2, 0.25) is 5.91 Å². The summed E-state index contributed by atoms with van der Waals surface area (Å²) >= 11 is 4.89. The monoisotopic (exact) mass is 349 g/mol. The molecule has 0 saturated carbocycles. The average Bonchev–Trinajstić information content (AvgIpc) is 2.53. The van der Waals surface area contributed by atoms with Crippen molar-refractivity contribution in [1.29, 1.82) is 0 Å². The van der Waals surface area contributed by atoms with Gasteiger partial charge in [-0.3, -0.25) is 9.48 Å². The smallest absolute Gasteiger partial charge is 0.327 e. The quantitative estimate of drug-likeness (QED) is 0.808. The molecule has 8 heteroatoms. The number of nitrogens with zero attached hydrogens (tertiary/aromatic N) is 2. The second-order valence-corrected chi connectivity index (χ2v) is 5.90. The number of carbonyl (C=O) groups is 2. The maximum Gasteiger partial charge on any atom is 0.327 e. The minimum atomic E-state index is -1.03. The molecule has 1 rings (SSSR count). The van der Waals surface area contributed by atoms with Crippen molar-refractivity contribution >= 4 is 39.6 Å². The van der Waals surface area contributed by atoms with E-state index in [2.05, 4.69) is 26.3 Å². The zero-order valence-corrected chi connectivity index (χ0v) is 13.3. The molecule has 6 nitrogen and oxygen atoms in total. The summed E-state index contributed by atoms with van der Waals surface area (Å²) in [5.41, 5.74) is 1.89. The predicted molar refractivity (Wildman–Crippen MR) is 77.0 cm³/mol. The van der Waals surface area contributed by atoms with Gasteiger partial charge in [0.25, 0.3) is 0 Å². The van der Waals surface area contributed by atoms with Gasteiger partial charge < -0.3 is 10.4 Å². The van der Waals surface area contributed by atoms with Crippen molar-refractivity contribution in [3.63, 3.8) is 0 Å². The Morgan fingerprint density at radius 2 is 2.21 bits per heavy atom. The van der Waals surface area contributed by atoms with Crippen LogP contribution in [-0.4, -0.2) is 38.6 Å². The Kier molecular flexibility index (Phi) is 5.86. The third kappa shape index (κ3) is 4.54. The molecule has 0 spiro atoms. The van der Waals surface area contributed by atoms with Gasteiger partial charge >= 0.3 is 5.97 Å². The van der Waals surface area contributed by atoms with Gasteiger partial charge in [-0.15, -0.1) is 0 Å². The lowest BCUT2D eigenvalue weighted by atomic mass is 10.3. The SMILES string of the molecule is CC(=O)N[C@@H](CSCc1c(Br)c(C)nn1C)C(=O)O. The molecule has 1 amide bonds. The molecular formula is C11H16BrN3O3S. The first-order valence-electron chi connectivity index (χ1n) is 5.58. The molecule has 0 radical (unpaired) electrons. The van der Waals surface area contributed by atoms with Crippen LogP contribution in [-0.2, 0) is 22.4 Å². The maximum absolute atomic E-state index is 11.0. The van der Waals surface area contributed by atoms with E-state index < -0.39 is 12.0 Å². The van der Waals surface area contributed by atoms with E-state index in [1.807, 2.05) is 14.0 Å². The van der Waals surface area contributed by atoms with E-state index in [1.165, 1.54) is 18.7 Å². The number of aliphatic carboxylic acids is 1. The Bertz CT molecular complexity index is 490. The van der Waals surface area contributed by atoms with E-state index in [0.717, 1.165) is 15.9 Å². The largest absolute Gasteiger partial charge is 0.480 e. The Hall–Kier alpha value is -1.02. The third-order valence-corrected chi connectivity index (χ3v) is 4.54. The first kappa shape index (κ1) is 16.0. The molecule has 0 saturated heterocycles. The molecule has 0 aliphatic heterocycles. The molecule has 0 unspecified atom stereocenters. The van der Waals surface area contributed by atoms with Gasteiger partial charge in [0.1, 0.15) is 6.04 Å². The van der Waals surface area contributed by atoms with Crippen LogP contribution < -0.4 is 5.32 Å². The summed E-state index contributed by atoms with van der Waals surface area (Å²) in [6.45, 7) is 3.21. The fraction of sp³-hybridized carbons (Fsp3) is 0.545. The lowest BCUT2D eigenvalue weighted by Gasteiger charge is -2.12. The molecule has 1 aromatic rings. The van der Waals surface area contributed by atoms with Crippen LogP contribution in [0, 0.1) is 6.92 Å². The van der Waals surface area contributed by atoms with Gasteiger partial charge in [-0.25, -0.2) is 4.79 Å². The molecule has 106 valence electrons. The summed E-state index contributed by atoms with van der Waals surface area (Å²) in [7, 11) is 1.84. The van der Waals surface area contributed by atoms with Crippen LogP contribution >= 0.6 is 27.7 Å². The maximum atomic E-state index is 11.0. The molecule has 0 bridgehead atoms. The highest BCUT2D eigenvalue weighted by Crippen LogP contribution is 2.24. The van der Waals surface area contributed by atoms with Gasteiger partial charge in [0.05, 0.1) is 15.9 Å². The first-order valence-corrected chi connectivity index (χ1v) is 7.53. The Morgan fingerprint density at radius 3 is 2.63 bits per heavy atom. The minimum Gasteiger partial charge on any atom is -0.480 e. The Morgan fingerprint density at radius 1 is 1.58 bits per heavy atom. The highest BCUT2D eigenvalue weighted by atomic mass is 79.9. The van der Waals surface area contributed by atoms with Crippen molar-refractivity contribution in [3.05, 3.63) is 15.9 Å². The van der Waals surface area contributed by atoms with E-state index in [1.54, 1.807) is 4.68 Å². The zero-order chi connectivity index (χ0) is 14.6. The van der Waals surface area contributed by atoms with Crippen LogP contribution in [0.4, 0.5) is 0 Å². The molecule has 0 fully saturated rings. The van der Waals surface area contributed by atoms with Crippen molar-refractivity contribution in [3.8, 4) is 0 Å². The van der Waals surface area contributed by atoms with Gasteiger partial charge in [0.15, 0.2) is 0 Å². The molecule has 1 atom stereocenters. The third-order valence-electron chi connectivity index (χ3n) is 2.46. The van der Waals surface area contributed by atoms with Crippen LogP contribution in [0.5, 0.6) is 0 Å². The van der Waals surface area contributed by atoms with Crippen molar-refractivity contribution in [2.75, 3.05) is 5.75 Å². The average molecular weight is 350 g/mol. The lowest BCUT2D eigenvalue weighted by molar-refractivity contribution is -0.140. The van der Waals surface area contributed by atoms with Crippen LogP contribution in [0.3, 0.4) is 0 Å². The first-order chi connectivity index (χ1) is 8.82. The number of thioether (sulfide) groups is 1. The summed E-state index contributed by atoms with van der Waals surface area (Å²) in [4.78, 5) is 21.9. The summed E-state index contributed by atoms with van der Waals surface area (Å²) in [6.07, 6.45) is 0. The standard InChI is InChI=1S/C11H16BrN3O3S/c1-6-10(12)9(15(3)14-6)5-19-4-8(11(17)18)13-7(2)16/h8H,4-5H2,1-3H3,(H,13,16)(H,17,18)/t8-/m0/s1. The summed E-state index contributed by atoms with van der Waals surface area (Å²) in [5.74, 6) is -0.430. The van der Waals surface area contributed by atoms with Crippen molar-refractivity contribution in [2.24, 2.45) is 7.05 Å². The molecular weight excluding hydrogens is 334 g/mol. The molecule has 19 heavy (non-hydrogen) atoms. The van der Waals surface area contributed by atoms with E-state index in [9.17, 15) is 9.59 Å². The summed E-state index contributed by atoms with van der Waals surface area (Å²) < 4.78 is 2.70. The van der Waals surface area contributed by atoms with Crippen molar-refractivity contribution < 1.29 is 14.7 Å². The number of aromatic nitrogens is 2. The number of carboxylic acid groups (broad SMARTS) is 1. The minimum absolute atomic E-state index is 0.311. The molecule has 1 aromatic heterocycles. The molecule has 1 heterocycles. The Labute approximate surface area is 124 Å². The second kappa shape index (κ2) is 6.95. The molecule has 2 N–H and O–H groups in total. The van der Waals surface area contributed by atoms with Crippen LogP contribution in [0.1, 0.15) is 18.3 Å². The predicted octanol–water partition coefficient (Wildman–Crippen LogP) is 1.31. The highest BCUT2D eigenvalue weighted by molar-refractivity contribution is 9.10. The topological polar surface area (TPSA) is 84.2 Å². The number of hydrogen-bond donors (Lipinski definition) is 2. The number of aryl methyl sites for hydroxylation is 2. The number of carboxylic acids is 1. The fourth-order valence-corrected chi connectivity index (χ4v) is 3.30. The number of carbonyl (C=O) groups excluding carboxylic acids is 1. The van der Waals surface area contributed by atoms with E-state index in [-0.39, 0.29) is 5.91 Å². The number of nitrogens with one attached hydrogen (secondary N) is 1. The zero-order valence-electron chi connectivity index (χ0n) is 10.9. The number of rotatable bonds is 6. The van der Waals surface area contributed by atoms with Crippen LogP contribution in [0.2, 0.25) is 0 Å². The normalized spacial score (nSPS) is 12.2. The number of hydrogen-bond acceptors (Lipinski definition) is 4. The lowest BCUT2D eigenvalue weighted by Crippen LogP contribution is -2.41. The van der Waals surface area contributed by atoms with Gasteiger partial charge in [-0.1, -0.05) is 0 Å². The van der Waals surface area contributed by atoms with E-state index >= 15 is 0 Å². The molecule has 0 aliphatic carbocycles. The van der Waals surface area contributed by atoms with Crippen molar-refractivity contribution in [1.82, 2.24) is 15.1 Å². The summed E-state index contributed by atoms with van der Waals surface area (Å²) in [5, 5.41) is 15.6. The second-order valence-electron chi connectivity index (χ2n) is 4.08. The number of halogens is 1. The Balaban J connectivity index is 2.57. The number of amides is 1. The van der Waals surface area contributed by atoms with E-state index in [4.69, 9.17) is 5.11 Å². The van der Waals surface area contributed by atoms with E-state index in [0.29, 0.717) is 11.5 Å².